The second-order valence-electron chi connectivity index (χ2n) is 10.5. The predicted molar refractivity (Wildman–Crippen MR) is 146 cm³/mol. The summed E-state index contributed by atoms with van der Waals surface area (Å²) < 4.78 is 7.66. The van der Waals surface area contributed by atoms with Gasteiger partial charge in [0.25, 0.3) is 5.91 Å². The highest BCUT2D eigenvalue weighted by Crippen LogP contribution is 2.56. The first-order valence-electron chi connectivity index (χ1n) is 13.0. The number of likely N-dealkylation sites (tertiary alicyclic amines) is 1. The van der Waals surface area contributed by atoms with E-state index in [2.05, 4.69) is 15.3 Å². The van der Waals surface area contributed by atoms with E-state index in [1.165, 1.54) is 18.3 Å². The number of anilines is 1. The molecule has 196 valence electrons. The van der Waals surface area contributed by atoms with Gasteiger partial charge >= 0.3 is 0 Å². The van der Waals surface area contributed by atoms with E-state index in [9.17, 15) is 9.59 Å². The van der Waals surface area contributed by atoms with Crippen molar-refractivity contribution in [3.8, 4) is 27.5 Å². The average Bonchev–Trinajstić information content (AvgIpc) is 3.35. The van der Waals surface area contributed by atoms with Crippen LogP contribution < -0.4 is 5.32 Å². The lowest BCUT2D eigenvalue weighted by Crippen LogP contribution is -2.38. The Hall–Kier alpha value is -3.60. The van der Waals surface area contributed by atoms with Crippen molar-refractivity contribution in [1.82, 2.24) is 24.6 Å². The molecule has 2 aliphatic carbocycles. The smallest absolute Gasteiger partial charge is 0.254 e. The van der Waals surface area contributed by atoms with Crippen molar-refractivity contribution in [2.45, 2.75) is 31.9 Å². The predicted octanol–water partition coefficient (Wildman–Crippen LogP) is 4.24. The molecule has 4 aliphatic rings. The van der Waals surface area contributed by atoms with Crippen LogP contribution in [0.4, 0.5) is 5.13 Å². The van der Waals surface area contributed by atoms with Crippen LogP contribution in [0.1, 0.15) is 28.5 Å². The van der Waals surface area contributed by atoms with Gasteiger partial charge in [0.05, 0.1) is 51.4 Å². The van der Waals surface area contributed by atoms with E-state index in [0.717, 1.165) is 52.5 Å². The van der Waals surface area contributed by atoms with Gasteiger partial charge in [0.2, 0.25) is 5.91 Å². The van der Waals surface area contributed by atoms with E-state index < -0.39 is 0 Å². The van der Waals surface area contributed by atoms with Crippen LogP contribution in [0, 0.1) is 11.8 Å². The van der Waals surface area contributed by atoms with Gasteiger partial charge in [-0.3, -0.25) is 14.6 Å². The van der Waals surface area contributed by atoms with Crippen molar-refractivity contribution in [2.24, 2.45) is 11.8 Å². The molecule has 0 spiro atoms. The Labute approximate surface area is 232 Å². The molecular weight excluding hydrogens is 536 g/mol. The first kappa shape index (κ1) is 23.3. The summed E-state index contributed by atoms with van der Waals surface area (Å²) in [5.41, 5.74) is 5.89. The fraction of sp³-hybridized carbons (Fsp3) is 0.321. The van der Waals surface area contributed by atoms with Crippen LogP contribution in [-0.2, 0) is 22.4 Å². The van der Waals surface area contributed by atoms with Crippen molar-refractivity contribution in [3.05, 3.63) is 64.6 Å². The van der Waals surface area contributed by atoms with Gasteiger partial charge in [-0.2, -0.15) is 5.10 Å². The van der Waals surface area contributed by atoms with E-state index >= 15 is 0 Å². The van der Waals surface area contributed by atoms with Gasteiger partial charge in [-0.25, -0.2) is 9.67 Å². The lowest BCUT2D eigenvalue weighted by Gasteiger charge is -2.23. The topological polar surface area (TPSA) is 102 Å². The maximum Gasteiger partial charge on any atom is 0.254 e. The standard InChI is InChI=1S/C28H23ClN6O3S/c1-13(36)31-28-32-19-6-5-16-23(15-3-2-8-30-10-15)33-35(24(16)26(19)39-28)20-7-4-14(9-18(20)29)27(37)34-11-17-22-21(34)12-38-25(17)22/h2-4,7-10,17,21-22,25H,5-6,11-12H2,1H3,(H,31,32,36). The molecule has 2 amide bonds. The van der Waals surface area contributed by atoms with Crippen LogP contribution >= 0.6 is 22.9 Å². The van der Waals surface area contributed by atoms with Crippen molar-refractivity contribution in [2.75, 3.05) is 18.5 Å². The Morgan fingerprint density at radius 2 is 2.13 bits per heavy atom. The molecule has 5 heterocycles. The molecule has 9 nitrogen and oxygen atoms in total. The number of benzene rings is 1. The Bertz CT molecular complexity index is 1680. The molecule has 2 aliphatic heterocycles. The summed E-state index contributed by atoms with van der Waals surface area (Å²) in [6, 6.07) is 9.50. The number of nitrogens with zero attached hydrogens (tertiary/aromatic N) is 5. The molecule has 3 fully saturated rings. The van der Waals surface area contributed by atoms with Crippen LogP contribution in [0.3, 0.4) is 0 Å². The highest BCUT2D eigenvalue weighted by atomic mass is 35.5. The van der Waals surface area contributed by atoms with Crippen molar-refractivity contribution < 1.29 is 14.3 Å². The number of carbonyl (C=O) groups excluding carboxylic acids is 2. The van der Waals surface area contributed by atoms with Crippen molar-refractivity contribution in [3.63, 3.8) is 0 Å². The first-order chi connectivity index (χ1) is 19.0. The summed E-state index contributed by atoms with van der Waals surface area (Å²) >= 11 is 8.32. The fourth-order valence-electron chi connectivity index (χ4n) is 6.51. The van der Waals surface area contributed by atoms with E-state index in [1.807, 2.05) is 33.8 Å². The number of carbonyl (C=O) groups is 2. The average molecular weight is 559 g/mol. The minimum atomic E-state index is -0.163. The van der Waals surface area contributed by atoms with Crippen LogP contribution in [0.25, 0.3) is 27.5 Å². The highest BCUT2D eigenvalue weighted by molar-refractivity contribution is 7.19. The zero-order valence-corrected chi connectivity index (χ0v) is 22.5. The largest absolute Gasteiger partial charge is 0.375 e. The van der Waals surface area contributed by atoms with Crippen molar-refractivity contribution in [1.29, 1.82) is 0 Å². The molecule has 4 aromatic rings. The summed E-state index contributed by atoms with van der Waals surface area (Å²) in [5.74, 6) is 0.818. The summed E-state index contributed by atoms with van der Waals surface area (Å²) in [4.78, 5) is 37.0. The number of aromatic nitrogens is 4. The van der Waals surface area contributed by atoms with Crippen LogP contribution in [-0.4, -0.2) is 61.8 Å². The van der Waals surface area contributed by atoms with Gasteiger partial charge in [-0.05, 0) is 43.2 Å². The quantitative estimate of drug-likeness (QED) is 0.402. The number of ether oxygens (including phenoxy) is 1. The molecule has 11 heteroatoms. The summed E-state index contributed by atoms with van der Waals surface area (Å²) in [5, 5.41) is 8.85. The molecule has 39 heavy (non-hydrogen) atoms. The molecule has 4 unspecified atom stereocenters. The number of fused-ring (bicyclic) bond motifs is 4. The van der Waals surface area contributed by atoms with Gasteiger partial charge in [0.1, 0.15) is 0 Å². The molecule has 4 atom stereocenters. The maximum absolute atomic E-state index is 13.4. The lowest BCUT2D eigenvalue weighted by molar-refractivity contribution is -0.114. The molecule has 0 radical (unpaired) electrons. The van der Waals surface area contributed by atoms with Gasteiger partial charge in [-0.1, -0.05) is 22.9 Å². The number of amides is 2. The zero-order chi connectivity index (χ0) is 26.4. The van der Waals surface area contributed by atoms with Crippen molar-refractivity contribution >= 4 is 39.9 Å². The van der Waals surface area contributed by atoms with Gasteiger partial charge < -0.3 is 15.0 Å². The molecule has 1 aromatic carbocycles. The Morgan fingerprint density at radius 3 is 2.90 bits per heavy atom. The second-order valence-corrected chi connectivity index (χ2v) is 11.9. The lowest BCUT2D eigenvalue weighted by atomic mass is 9.95. The highest BCUT2D eigenvalue weighted by Gasteiger charge is 2.67. The number of halogens is 1. The van der Waals surface area contributed by atoms with E-state index in [0.29, 0.717) is 46.0 Å². The number of hydrogen-bond acceptors (Lipinski definition) is 7. The molecule has 3 aromatic heterocycles. The number of hydrogen-bond donors (Lipinski definition) is 1. The molecule has 2 saturated heterocycles. The van der Waals surface area contributed by atoms with Crippen LogP contribution in [0.2, 0.25) is 5.02 Å². The molecule has 1 saturated carbocycles. The number of thiazole rings is 1. The number of rotatable bonds is 4. The molecular formula is C28H23ClN6O3S. The summed E-state index contributed by atoms with van der Waals surface area (Å²) in [7, 11) is 0. The Balaban J connectivity index is 1.22. The fourth-order valence-corrected chi connectivity index (χ4v) is 7.88. The monoisotopic (exact) mass is 558 g/mol. The SMILES string of the molecule is CC(=O)Nc1nc2c(s1)-c1c(c(-c3cccnc3)nn1-c1ccc(C(=O)N3CC4C5OCC3C45)cc1Cl)CC2. The third-order valence-electron chi connectivity index (χ3n) is 8.28. The molecule has 0 bridgehead atoms. The Kier molecular flexibility index (Phi) is 5.05. The van der Waals surface area contributed by atoms with E-state index in [-0.39, 0.29) is 17.9 Å². The van der Waals surface area contributed by atoms with Gasteiger partial charge in [0, 0.05) is 54.4 Å². The first-order valence-corrected chi connectivity index (χ1v) is 14.2. The third-order valence-corrected chi connectivity index (χ3v) is 9.60. The Morgan fingerprint density at radius 1 is 1.23 bits per heavy atom. The normalized spacial score (nSPS) is 23.8. The minimum Gasteiger partial charge on any atom is -0.375 e. The number of pyridine rings is 1. The van der Waals surface area contributed by atoms with E-state index in [4.69, 9.17) is 21.4 Å². The minimum absolute atomic E-state index is 0.00636. The molecule has 8 rings (SSSR count). The van der Waals surface area contributed by atoms with Crippen LogP contribution in [0.15, 0.2) is 42.7 Å². The number of piperidine rings is 1. The van der Waals surface area contributed by atoms with Gasteiger partial charge in [-0.15, -0.1) is 0 Å². The maximum atomic E-state index is 13.4. The third kappa shape index (κ3) is 3.51. The van der Waals surface area contributed by atoms with Gasteiger partial charge in [0.15, 0.2) is 5.13 Å². The number of aryl methyl sites for hydroxylation is 1. The second kappa shape index (κ2) is 8.45. The van der Waals surface area contributed by atoms with Crippen LogP contribution in [0.5, 0.6) is 0 Å². The molecule has 1 N–H and O–H groups in total. The van der Waals surface area contributed by atoms with E-state index in [1.54, 1.807) is 18.5 Å². The summed E-state index contributed by atoms with van der Waals surface area (Å²) in [6.45, 7) is 2.85. The zero-order valence-electron chi connectivity index (χ0n) is 20.9. The number of nitrogens with one attached hydrogen (secondary N) is 1. The summed E-state index contributed by atoms with van der Waals surface area (Å²) in [6.07, 6.45) is 5.38.